The predicted molar refractivity (Wildman–Crippen MR) is 69.1 cm³/mol. The zero-order valence-corrected chi connectivity index (χ0v) is 12.1. The minimum Gasteiger partial charge on any atom is -0.486 e. The normalized spacial score (nSPS) is 37.1. The lowest BCUT2D eigenvalue weighted by molar-refractivity contribution is -0.207. The number of halogens is 1. The largest absolute Gasteiger partial charge is 0.486 e. The molecule has 4 nitrogen and oxygen atoms in total. The summed E-state index contributed by atoms with van der Waals surface area (Å²) in [4.78, 5) is 0. The van der Waals surface area contributed by atoms with Crippen LogP contribution in [0.3, 0.4) is 0 Å². The quantitative estimate of drug-likeness (QED) is 0.641. The van der Waals surface area contributed by atoms with Crippen molar-refractivity contribution < 1.29 is 19.3 Å². The molecule has 2 unspecified atom stereocenters. The third-order valence-corrected chi connectivity index (χ3v) is 3.80. The van der Waals surface area contributed by atoms with Crippen LogP contribution >= 0.6 is 15.9 Å². The molecule has 0 bridgehead atoms. The van der Waals surface area contributed by atoms with Crippen LogP contribution in [0.4, 0.5) is 0 Å². The number of ether oxygens (including phenoxy) is 3. The highest BCUT2D eigenvalue weighted by atomic mass is 79.9. The first-order chi connectivity index (χ1) is 8.38. The Labute approximate surface area is 115 Å². The van der Waals surface area contributed by atoms with E-state index < -0.39 is 5.79 Å². The van der Waals surface area contributed by atoms with Crippen LogP contribution in [-0.4, -0.2) is 35.8 Å². The van der Waals surface area contributed by atoms with Gasteiger partial charge in [0.1, 0.15) is 11.7 Å². The molecule has 0 radical (unpaired) electrons. The van der Waals surface area contributed by atoms with Crippen LogP contribution < -0.4 is 0 Å². The maximum atomic E-state index is 10.7. The Morgan fingerprint density at radius 1 is 1.50 bits per heavy atom. The van der Waals surface area contributed by atoms with Crippen LogP contribution in [0.1, 0.15) is 26.7 Å². The highest BCUT2D eigenvalue weighted by Gasteiger charge is 2.47. The Balaban J connectivity index is 1.83. The zero-order valence-electron chi connectivity index (χ0n) is 10.5. The molecule has 2 atom stereocenters. The molecule has 0 aromatic carbocycles. The molecule has 18 heavy (non-hydrogen) atoms. The first-order valence-corrected chi connectivity index (χ1v) is 6.94. The summed E-state index contributed by atoms with van der Waals surface area (Å²) < 4.78 is 17.6. The second-order valence-electron chi connectivity index (χ2n) is 5.71. The molecule has 1 aliphatic carbocycles. The lowest BCUT2D eigenvalue weighted by Gasteiger charge is -2.33. The van der Waals surface area contributed by atoms with E-state index in [0.717, 1.165) is 16.5 Å². The van der Waals surface area contributed by atoms with Crippen molar-refractivity contribution in [2.24, 2.45) is 0 Å². The van der Waals surface area contributed by atoms with Crippen molar-refractivity contribution in [3.63, 3.8) is 0 Å². The summed E-state index contributed by atoms with van der Waals surface area (Å²) in [6.45, 7) is 5.14. The van der Waals surface area contributed by atoms with Crippen molar-refractivity contribution in [2.75, 3.05) is 13.2 Å². The topological polar surface area (TPSA) is 51.2 Å². The summed E-state index contributed by atoms with van der Waals surface area (Å²) in [6, 6.07) is 0. The van der Waals surface area contributed by atoms with E-state index in [9.17, 15) is 5.11 Å². The van der Waals surface area contributed by atoms with Gasteiger partial charge in [0.25, 0.3) is 0 Å². The summed E-state index contributed by atoms with van der Waals surface area (Å²) in [5.41, 5.74) is 0.726. The molecule has 5 heteroatoms. The number of rotatable bonds is 3. The Kier molecular flexibility index (Phi) is 2.86. The summed E-state index contributed by atoms with van der Waals surface area (Å²) >= 11 is 3.46. The molecular formula is C13H17BrO4. The molecule has 2 heterocycles. The summed E-state index contributed by atoms with van der Waals surface area (Å²) in [6.07, 6.45) is 3.31. The highest BCUT2D eigenvalue weighted by molar-refractivity contribution is 9.11. The fourth-order valence-corrected chi connectivity index (χ4v) is 3.08. The Bertz CT molecular complexity index is 436. The Hall–Kier alpha value is -0.360. The highest BCUT2D eigenvalue weighted by Crippen LogP contribution is 2.46. The minimum atomic E-state index is -1.36. The van der Waals surface area contributed by atoms with Crippen LogP contribution in [0.5, 0.6) is 0 Å². The standard InChI is InChI=1S/C13H17BrO4/c1-12(2)4-8-3-9(14)5-13(15,11(8)18-12)17-7-10-6-16-10/h3,10,15H,4-7H2,1-2H3. The van der Waals surface area contributed by atoms with Crippen LogP contribution in [0, 0.1) is 0 Å². The van der Waals surface area contributed by atoms with Gasteiger partial charge in [0.2, 0.25) is 5.79 Å². The molecule has 1 N–H and O–H groups in total. The van der Waals surface area contributed by atoms with E-state index in [0.29, 0.717) is 25.4 Å². The van der Waals surface area contributed by atoms with Gasteiger partial charge in [0, 0.05) is 22.9 Å². The van der Waals surface area contributed by atoms with Gasteiger partial charge in [-0.1, -0.05) is 15.9 Å². The predicted octanol–water partition coefficient (Wildman–Crippen LogP) is 2.23. The number of hydrogen-bond acceptors (Lipinski definition) is 4. The fraction of sp³-hybridized carbons (Fsp3) is 0.692. The van der Waals surface area contributed by atoms with E-state index in [1.54, 1.807) is 0 Å². The van der Waals surface area contributed by atoms with Crippen molar-refractivity contribution in [1.82, 2.24) is 0 Å². The van der Waals surface area contributed by atoms with E-state index in [4.69, 9.17) is 14.2 Å². The average molecular weight is 317 g/mol. The van der Waals surface area contributed by atoms with Gasteiger partial charge in [-0.25, -0.2) is 0 Å². The van der Waals surface area contributed by atoms with E-state index >= 15 is 0 Å². The van der Waals surface area contributed by atoms with Gasteiger partial charge in [0.15, 0.2) is 5.76 Å². The van der Waals surface area contributed by atoms with Crippen molar-refractivity contribution >= 4 is 15.9 Å². The van der Waals surface area contributed by atoms with Gasteiger partial charge in [-0.2, -0.15) is 0 Å². The molecule has 0 aromatic rings. The number of epoxide rings is 1. The second-order valence-corrected chi connectivity index (χ2v) is 6.73. The lowest BCUT2D eigenvalue weighted by atomic mass is 9.95. The van der Waals surface area contributed by atoms with Gasteiger partial charge in [-0.15, -0.1) is 0 Å². The molecule has 1 fully saturated rings. The van der Waals surface area contributed by atoms with E-state index in [1.807, 2.05) is 19.9 Å². The SMILES string of the molecule is CC1(C)CC2=C(O1)C(O)(OCC1CO1)CC(Br)=C2. The van der Waals surface area contributed by atoms with Gasteiger partial charge < -0.3 is 19.3 Å². The smallest absolute Gasteiger partial charge is 0.230 e. The third-order valence-electron chi connectivity index (χ3n) is 3.29. The fourth-order valence-electron chi connectivity index (χ4n) is 2.42. The maximum Gasteiger partial charge on any atom is 0.230 e. The van der Waals surface area contributed by atoms with Crippen molar-refractivity contribution in [3.05, 3.63) is 21.9 Å². The van der Waals surface area contributed by atoms with Crippen LogP contribution in [0.2, 0.25) is 0 Å². The summed E-state index contributed by atoms with van der Waals surface area (Å²) in [7, 11) is 0. The van der Waals surface area contributed by atoms with Gasteiger partial charge in [-0.3, -0.25) is 0 Å². The number of aliphatic hydroxyl groups is 1. The Morgan fingerprint density at radius 3 is 2.89 bits per heavy atom. The molecule has 0 spiro atoms. The van der Waals surface area contributed by atoms with E-state index in [1.165, 1.54) is 0 Å². The van der Waals surface area contributed by atoms with Crippen molar-refractivity contribution in [1.29, 1.82) is 0 Å². The van der Waals surface area contributed by atoms with Gasteiger partial charge in [-0.05, 0) is 19.9 Å². The van der Waals surface area contributed by atoms with E-state index in [-0.39, 0.29) is 11.7 Å². The molecule has 1 saturated heterocycles. The minimum absolute atomic E-state index is 0.122. The summed E-state index contributed by atoms with van der Waals surface area (Å²) in [5.74, 6) is -0.792. The molecule has 2 aliphatic heterocycles. The van der Waals surface area contributed by atoms with Crippen LogP contribution in [0.15, 0.2) is 21.9 Å². The van der Waals surface area contributed by atoms with Gasteiger partial charge >= 0.3 is 0 Å². The number of hydrogen-bond donors (Lipinski definition) is 1. The monoisotopic (exact) mass is 316 g/mol. The number of allylic oxidation sites excluding steroid dienone is 1. The molecule has 0 aromatic heterocycles. The molecule has 3 rings (SSSR count). The maximum absolute atomic E-state index is 10.7. The summed E-state index contributed by atoms with van der Waals surface area (Å²) in [5, 5.41) is 10.7. The van der Waals surface area contributed by atoms with E-state index in [2.05, 4.69) is 15.9 Å². The van der Waals surface area contributed by atoms with Crippen molar-refractivity contribution in [3.8, 4) is 0 Å². The molecule has 0 saturated carbocycles. The van der Waals surface area contributed by atoms with Crippen LogP contribution in [0.25, 0.3) is 0 Å². The first kappa shape index (κ1) is 12.7. The lowest BCUT2D eigenvalue weighted by Crippen LogP contribution is -2.39. The van der Waals surface area contributed by atoms with Gasteiger partial charge in [0.05, 0.1) is 13.2 Å². The molecule has 0 amide bonds. The molecule has 100 valence electrons. The third kappa shape index (κ3) is 2.37. The average Bonchev–Trinajstić information content (AvgIpc) is 2.99. The first-order valence-electron chi connectivity index (χ1n) is 6.15. The molecule has 3 aliphatic rings. The zero-order chi connectivity index (χ0) is 13.0. The van der Waals surface area contributed by atoms with Crippen molar-refractivity contribution in [2.45, 2.75) is 44.2 Å². The molecular weight excluding hydrogens is 300 g/mol. The van der Waals surface area contributed by atoms with Crippen LogP contribution in [-0.2, 0) is 14.2 Å². The Morgan fingerprint density at radius 2 is 2.22 bits per heavy atom. The second kappa shape index (κ2) is 4.07.